The molecular weight excluding hydrogens is 254 g/mol. The summed E-state index contributed by atoms with van der Waals surface area (Å²) >= 11 is 0. The average Bonchev–Trinajstić information content (AvgIpc) is 2.27. The summed E-state index contributed by atoms with van der Waals surface area (Å²) in [6.45, 7) is 0.152. The smallest absolute Gasteiger partial charge is 0.419 e. The monoisotopic (exact) mass is 263 g/mol. The van der Waals surface area contributed by atoms with E-state index in [1.54, 1.807) is 0 Å². The largest absolute Gasteiger partial charge is 0.449 e. The summed E-state index contributed by atoms with van der Waals surface area (Å²) in [6, 6.07) is 2.09. The van der Waals surface area contributed by atoms with E-state index < -0.39 is 29.7 Å². The number of alkyl halides is 3. The fourth-order valence-electron chi connectivity index (χ4n) is 1.75. The van der Waals surface area contributed by atoms with Gasteiger partial charge in [0, 0.05) is 6.42 Å². The number of alkyl carbamates (subject to hydrolysis) is 1. The number of halogens is 4. The van der Waals surface area contributed by atoms with E-state index in [4.69, 9.17) is 0 Å². The van der Waals surface area contributed by atoms with E-state index in [2.05, 4.69) is 10.1 Å². The molecule has 7 heteroatoms. The third-order valence-electron chi connectivity index (χ3n) is 2.63. The second-order valence-corrected chi connectivity index (χ2v) is 3.86. The minimum Gasteiger partial charge on any atom is -0.449 e. The van der Waals surface area contributed by atoms with Crippen molar-refractivity contribution in [3.8, 4) is 0 Å². The lowest BCUT2D eigenvalue weighted by Gasteiger charge is -2.24. The fraction of sp³-hybridized carbons (Fsp3) is 0.364. The Labute approximate surface area is 99.7 Å². The van der Waals surface area contributed by atoms with E-state index in [1.165, 1.54) is 0 Å². The van der Waals surface area contributed by atoms with E-state index in [-0.39, 0.29) is 12.2 Å². The van der Waals surface area contributed by atoms with Gasteiger partial charge in [0.2, 0.25) is 0 Å². The molecular formula is C11H9F4NO2. The van der Waals surface area contributed by atoms with Gasteiger partial charge in [-0.05, 0) is 17.7 Å². The Balaban J connectivity index is 2.26. The van der Waals surface area contributed by atoms with Crippen LogP contribution in [0.1, 0.15) is 23.6 Å². The number of hydrogen-bond acceptors (Lipinski definition) is 2. The maximum atomic E-state index is 13.3. The van der Waals surface area contributed by atoms with Crippen molar-refractivity contribution in [2.75, 3.05) is 6.61 Å². The Morgan fingerprint density at radius 3 is 2.61 bits per heavy atom. The van der Waals surface area contributed by atoms with Crippen LogP contribution in [0.2, 0.25) is 0 Å². The van der Waals surface area contributed by atoms with Gasteiger partial charge in [-0.15, -0.1) is 0 Å². The molecule has 1 saturated heterocycles. The number of rotatable bonds is 1. The molecule has 1 aromatic carbocycles. The molecule has 3 nitrogen and oxygen atoms in total. The summed E-state index contributed by atoms with van der Waals surface area (Å²) in [5.41, 5.74) is -1.03. The molecule has 1 aromatic rings. The number of carbonyl (C=O) groups is 1. The molecule has 0 aromatic heterocycles. The fourth-order valence-corrected chi connectivity index (χ4v) is 1.75. The summed E-state index contributed by atoms with van der Waals surface area (Å²) in [5.74, 6) is -1.35. The van der Waals surface area contributed by atoms with Crippen molar-refractivity contribution in [2.24, 2.45) is 0 Å². The first-order valence-corrected chi connectivity index (χ1v) is 5.18. The van der Waals surface area contributed by atoms with Crippen molar-refractivity contribution in [3.63, 3.8) is 0 Å². The van der Waals surface area contributed by atoms with Gasteiger partial charge in [-0.2, -0.15) is 13.2 Å². The van der Waals surface area contributed by atoms with Crippen LogP contribution in [0, 0.1) is 5.82 Å². The second kappa shape index (κ2) is 4.47. The summed E-state index contributed by atoms with van der Waals surface area (Å²) in [6.07, 6.45) is -5.00. The van der Waals surface area contributed by atoms with Gasteiger partial charge in [-0.3, -0.25) is 0 Å². The van der Waals surface area contributed by atoms with Gasteiger partial charge in [0.05, 0.1) is 18.2 Å². The van der Waals surface area contributed by atoms with E-state index in [0.29, 0.717) is 12.5 Å². The number of hydrogen-bond donors (Lipinski definition) is 1. The second-order valence-electron chi connectivity index (χ2n) is 3.86. The van der Waals surface area contributed by atoms with Gasteiger partial charge < -0.3 is 10.1 Å². The summed E-state index contributed by atoms with van der Waals surface area (Å²) in [4.78, 5) is 11.0. The van der Waals surface area contributed by atoms with Gasteiger partial charge in [0.1, 0.15) is 5.82 Å². The molecule has 1 aliphatic heterocycles. The van der Waals surface area contributed by atoms with Gasteiger partial charge in [0.25, 0.3) is 0 Å². The van der Waals surface area contributed by atoms with Crippen LogP contribution in [0.25, 0.3) is 0 Å². The minimum atomic E-state index is -4.72. The lowest BCUT2D eigenvalue weighted by molar-refractivity contribution is -0.140. The van der Waals surface area contributed by atoms with Crippen LogP contribution in [0.3, 0.4) is 0 Å². The normalized spacial score (nSPS) is 20.2. The predicted molar refractivity (Wildman–Crippen MR) is 53.2 cm³/mol. The van der Waals surface area contributed by atoms with Crippen molar-refractivity contribution >= 4 is 6.09 Å². The SMILES string of the molecule is O=C1N[C@@H](c2ccc(C(F)(F)F)c(F)c2)CCO1. The molecule has 0 aliphatic carbocycles. The number of nitrogens with one attached hydrogen (secondary N) is 1. The standard InChI is InChI=1S/C11H9F4NO2/c12-8-5-6(1-2-7(8)11(13,14)15)9-3-4-18-10(17)16-9/h1-2,5,9H,3-4H2,(H,16,17)/t9-/m1/s1. The van der Waals surface area contributed by atoms with E-state index >= 15 is 0 Å². The van der Waals surface area contributed by atoms with Gasteiger partial charge in [0.15, 0.2) is 0 Å². The molecule has 1 aliphatic rings. The van der Waals surface area contributed by atoms with Gasteiger partial charge in [-0.25, -0.2) is 9.18 Å². The van der Waals surface area contributed by atoms with Crippen molar-refractivity contribution in [1.82, 2.24) is 5.32 Å². The van der Waals surface area contributed by atoms with Gasteiger partial charge in [-0.1, -0.05) is 6.07 Å². The summed E-state index contributed by atoms with van der Waals surface area (Å²) < 4.78 is 55.0. The van der Waals surface area contributed by atoms with Gasteiger partial charge >= 0.3 is 12.3 Å². The highest BCUT2D eigenvalue weighted by Gasteiger charge is 2.34. The van der Waals surface area contributed by atoms with Crippen molar-refractivity contribution < 1.29 is 27.1 Å². The Bertz CT molecular complexity index is 473. The number of carbonyl (C=O) groups excluding carboxylic acids is 1. The lowest BCUT2D eigenvalue weighted by Crippen LogP contribution is -2.35. The highest BCUT2D eigenvalue weighted by atomic mass is 19.4. The van der Waals surface area contributed by atoms with Crippen molar-refractivity contribution in [1.29, 1.82) is 0 Å². The van der Waals surface area contributed by atoms with Crippen LogP contribution in [0.5, 0.6) is 0 Å². The quantitative estimate of drug-likeness (QED) is 0.791. The maximum Gasteiger partial charge on any atom is 0.419 e. The first-order valence-electron chi connectivity index (χ1n) is 5.18. The molecule has 1 atom stereocenters. The first-order chi connectivity index (χ1) is 8.38. The molecule has 1 fully saturated rings. The van der Waals surface area contributed by atoms with E-state index in [0.717, 1.165) is 12.1 Å². The number of cyclic esters (lactones) is 1. The van der Waals surface area contributed by atoms with Crippen LogP contribution >= 0.6 is 0 Å². The summed E-state index contributed by atoms with van der Waals surface area (Å²) in [7, 11) is 0. The van der Waals surface area contributed by atoms with E-state index in [9.17, 15) is 22.4 Å². The number of benzene rings is 1. The van der Waals surface area contributed by atoms with E-state index in [1.807, 2.05) is 0 Å². The molecule has 1 heterocycles. The molecule has 98 valence electrons. The number of amides is 1. The minimum absolute atomic E-state index is 0.152. The topological polar surface area (TPSA) is 38.3 Å². The van der Waals surface area contributed by atoms with Crippen LogP contribution in [-0.4, -0.2) is 12.7 Å². The predicted octanol–water partition coefficient (Wildman–Crippen LogP) is 3.02. The third-order valence-corrected chi connectivity index (χ3v) is 2.63. The molecule has 1 amide bonds. The Hall–Kier alpha value is -1.79. The molecule has 0 spiro atoms. The lowest BCUT2D eigenvalue weighted by atomic mass is 10.0. The zero-order valence-corrected chi connectivity index (χ0v) is 9.05. The molecule has 0 bridgehead atoms. The molecule has 0 saturated carbocycles. The molecule has 0 radical (unpaired) electrons. The van der Waals surface area contributed by atoms with Crippen LogP contribution in [-0.2, 0) is 10.9 Å². The molecule has 18 heavy (non-hydrogen) atoms. The Kier molecular flexibility index (Phi) is 3.14. The zero-order valence-electron chi connectivity index (χ0n) is 9.05. The highest BCUT2D eigenvalue weighted by Crippen LogP contribution is 2.33. The first kappa shape index (κ1) is 12.7. The Morgan fingerprint density at radius 2 is 2.06 bits per heavy atom. The molecule has 2 rings (SSSR count). The molecule has 0 unspecified atom stereocenters. The number of ether oxygens (including phenoxy) is 1. The zero-order chi connectivity index (χ0) is 13.3. The Morgan fingerprint density at radius 1 is 1.33 bits per heavy atom. The summed E-state index contributed by atoms with van der Waals surface area (Å²) in [5, 5.41) is 2.41. The average molecular weight is 263 g/mol. The van der Waals surface area contributed by atoms with Crippen molar-refractivity contribution in [3.05, 3.63) is 35.1 Å². The van der Waals surface area contributed by atoms with Crippen LogP contribution in [0.4, 0.5) is 22.4 Å². The maximum absolute atomic E-state index is 13.3. The van der Waals surface area contributed by atoms with Crippen LogP contribution < -0.4 is 5.32 Å². The van der Waals surface area contributed by atoms with Crippen molar-refractivity contribution in [2.45, 2.75) is 18.6 Å². The third kappa shape index (κ3) is 2.55. The molecule has 1 N–H and O–H groups in total. The van der Waals surface area contributed by atoms with Crippen LogP contribution in [0.15, 0.2) is 18.2 Å². The highest BCUT2D eigenvalue weighted by molar-refractivity contribution is 5.68.